The van der Waals surface area contributed by atoms with E-state index in [4.69, 9.17) is 10.5 Å². The third-order valence-electron chi connectivity index (χ3n) is 2.88. The summed E-state index contributed by atoms with van der Waals surface area (Å²) < 4.78 is 5.55. The number of amides is 2. The first-order valence-corrected chi connectivity index (χ1v) is 6.91. The number of rotatable bonds is 6. The highest BCUT2D eigenvalue weighted by molar-refractivity contribution is 6.09. The summed E-state index contributed by atoms with van der Waals surface area (Å²) in [4.78, 5) is 27.6. The van der Waals surface area contributed by atoms with Gasteiger partial charge in [0.15, 0.2) is 5.69 Å². The lowest BCUT2D eigenvalue weighted by atomic mass is 10.1. The Balaban J connectivity index is 2.25. The minimum absolute atomic E-state index is 0.0165. The van der Waals surface area contributed by atoms with Gasteiger partial charge < -0.3 is 15.8 Å². The Labute approximate surface area is 128 Å². The predicted molar refractivity (Wildman–Crippen MR) is 82.9 cm³/mol. The second-order valence-corrected chi connectivity index (χ2v) is 4.56. The van der Waals surface area contributed by atoms with Crippen LogP contribution in [-0.2, 0) is 0 Å². The molecule has 0 saturated heterocycles. The Bertz CT molecular complexity index is 686. The molecule has 2 rings (SSSR count). The van der Waals surface area contributed by atoms with Crippen LogP contribution in [0.3, 0.4) is 0 Å². The number of hydrogen-bond acceptors (Lipinski definition) is 4. The van der Waals surface area contributed by atoms with E-state index >= 15 is 0 Å². The van der Waals surface area contributed by atoms with E-state index in [-0.39, 0.29) is 17.3 Å². The highest BCUT2D eigenvalue weighted by atomic mass is 16.5. The molecule has 0 aliphatic rings. The molecule has 114 valence electrons. The summed E-state index contributed by atoms with van der Waals surface area (Å²) in [7, 11) is 0. The number of para-hydroxylation sites is 1. The molecule has 0 fully saturated rings. The highest BCUT2D eigenvalue weighted by Gasteiger charge is 2.16. The molecule has 0 unspecified atom stereocenters. The summed E-state index contributed by atoms with van der Waals surface area (Å²) in [5.74, 6) is -0.597. The number of ether oxygens (including phenoxy) is 1. The Kier molecular flexibility index (Phi) is 5.08. The van der Waals surface area contributed by atoms with Gasteiger partial charge in [-0.3, -0.25) is 9.59 Å². The summed E-state index contributed by atoms with van der Waals surface area (Å²) >= 11 is 0. The van der Waals surface area contributed by atoms with E-state index in [2.05, 4.69) is 10.3 Å². The van der Waals surface area contributed by atoms with Gasteiger partial charge in [-0.05, 0) is 30.7 Å². The van der Waals surface area contributed by atoms with E-state index < -0.39 is 5.91 Å². The van der Waals surface area contributed by atoms with Crippen LogP contribution in [-0.4, -0.2) is 23.4 Å². The molecular formula is C16H17N3O3. The van der Waals surface area contributed by atoms with Crippen LogP contribution in [0.15, 0.2) is 42.6 Å². The zero-order valence-corrected chi connectivity index (χ0v) is 12.2. The Hall–Kier alpha value is -2.89. The summed E-state index contributed by atoms with van der Waals surface area (Å²) in [6.45, 7) is 2.50. The van der Waals surface area contributed by atoms with Crippen LogP contribution in [0.2, 0.25) is 0 Å². The van der Waals surface area contributed by atoms with Crippen LogP contribution in [0, 0.1) is 0 Å². The molecule has 2 amide bonds. The van der Waals surface area contributed by atoms with Gasteiger partial charge in [0.2, 0.25) is 0 Å². The Morgan fingerprint density at radius 2 is 2.00 bits per heavy atom. The van der Waals surface area contributed by atoms with Gasteiger partial charge in [0.25, 0.3) is 11.8 Å². The fourth-order valence-electron chi connectivity index (χ4n) is 1.88. The van der Waals surface area contributed by atoms with E-state index in [1.165, 1.54) is 6.20 Å². The number of aromatic nitrogens is 1. The van der Waals surface area contributed by atoms with Crippen LogP contribution in [0.1, 0.15) is 34.2 Å². The fraction of sp³-hybridized carbons (Fsp3) is 0.188. The van der Waals surface area contributed by atoms with Crippen molar-refractivity contribution < 1.29 is 14.3 Å². The van der Waals surface area contributed by atoms with Crippen molar-refractivity contribution in [1.29, 1.82) is 0 Å². The minimum Gasteiger partial charge on any atom is -0.493 e. The molecule has 22 heavy (non-hydrogen) atoms. The maximum atomic E-state index is 12.4. The lowest BCUT2D eigenvalue weighted by molar-refractivity contribution is 0.0996. The third kappa shape index (κ3) is 3.60. The first-order valence-electron chi connectivity index (χ1n) is 6.91. The number of nitrogens with one attached hydrogen (secondary N) is 1. The largest absolute Gasteiger partial charge is 0.493 e. The summed E-state index contributed by atoms with van der Waals surface area (Å²) in [5, 5.41) is 2.64. The van der Waals surface area contributed by atoms with Gasteiger partial charge in [-0.15, -0.1) is 0 Å². The monoisotopic (exact) mass is 299 g/mol. The molecule has 1 aromatic carbocycles. The maximum Gasteiger partial charge on any atom is 0.269 e. The number of benzene rings is 1. The second kappa shape index (κ2) is 7.21. The van der Waals surface area contributed by atoms with Gasteiger partial charge in [-0.25, -0.2) is 4.98 Å². The Morgan fingerprint density at radius 1 is 1.23 bits per heavy atom. The number of nitrogens with two attached hydrogens (primary N) is 1. The van der Waals surface area contributed by atoms with Crippen molar-refractivity contribution in [2.45, 2.75) is 13.3 Å². The van der Waals surface area contributed by atoms with E-state index in [9.17, 15) is 9.59 Å². The second-order valence-electron chi connectivity index (χ2n) is 4.56. The number of primary amides is 1. The zero-order chi connectivity index (χ0) is 15.9. The summed E-state index contributed by atoms with van der Waals surface area (Å²) in [5.41, 5.74) is 5.92. The zero-order valence-electron chi connectivity index (χ0n) is 12.2. The Morgan fingerprint density at radius 3 is 2.73 bits per heavy atom. The molecule has 0 spiro atoms. The fourth-order valence-corrected chi connectivity index (χ4v) is 1.88. The topological polar surface area (TPSA) is 94.3 Å². The first kappa shape index (κ1) is 15.5. The molecule has 3 N–H and O–H groups in total. The van der Waals surface area contributed by atoms with Gasteiger partial charge in [-0.2, -0.15) is 0 Å². The van der Waals surface area contributed by atoms with Gasteiger partial charge in [0.05, 0.1) is 17.9 Å². The number of nitrogens with zero attached hydrogens (tertiary/aromatic N) is 1. The van der Waals surface area contributed by atoms with Crippen molar-refractivity contribution in [2.24, 2.45) is 5.73 Å². The van der Waals surface area contributed by atoms with Crippen molar-refractivity contribution in [3.63, 3.8) is 0 Å². The maximum absolute atomic E-state index is 12.4. The van der Waals surface area contributed by atoms with Crippen molar-refractivity contribution in [2.75, 3.05) is 11.9 Å². The predicted octanol–water partition coefficient (Wildman–Crippen LogP) is 2.22. The molecule has 0 aliphatic heterocycles. The first-order chi connectivity index (χ1) is 10.6. The SMILES string of the molecule is CCCOc1ccccc1C(=O)Nc1cccnc1C(N)=O. The van der Waals surface area contributed by atoms with Crippen LogP contribution in [0.4, 0.5) is 5.69 Å². The molecular weight excluding hydrogens is 282 g/mol. The third-order valence-corrected chi connectivity index (χ3v) is 2.88. The highest BCUT2D eigenvalue weighted by Crippen LogP contribution is 2.20. The van der Waals surface area contributed by atoms with Crippen molar-refractivity contribution >= 4 is 17.5 Å². The number of carbonyl (C=O) groups is 2. The molecule has 0 atom stereocenters. The molecule has 0 radical (unpaired) electrons. The molecule has 6 heteroatoms. The average Bonchev–Trinajstić information content (AvgIpc) is 2.53. The minimum atomic E-state index is -0.702. The number of pyridine rings is 1. The van der Waals surface area contributed by atoms with E-state index in [0.717, 1.165) is 6.42 Å². The number of anilines is 1. The quantitative estimate of drug-likeness (QED) is 0.855. The molecule has 1 aromatic heterocycles. The molecule has 6 nitrogen and oxygen atoms in total. The number of hydrogen-bond donors (Lipinski definition) is 2. The molecule has 0 aliphatic carbocycles. The van der Waals surface area contributed by atoms with E-state index in [1.807, 2.05) is 6.92 Å². The molecule has 2 aromatic rings. The lowest BCUT2D eigenvalue weighted by Gasteiger charge is -2.12. The van der Waals surface area contributed by atoms with E-state index in [0.29, 0.717) is 17.9 Å². The summed E-state index contributed by atoms with van der Waals surface area (Å²) in [6.07, 6.45) is 2.28. The van der Waals surface area contributed by atoms with Crippen molar-refractivity contribution in [3.8, 4) is 5.75 Å². The molecule has 0 bridgehead atoms. The van der Waals surface area contributed by atoms with Crippen molar-refractivity contribution in [3.05, 3.63) is 53.9 Å². The standard InChI is InChI=1S/C16H17N3O3/c1-2-10-22-13-8-4-3-6-11(13)16(21)19-12-7-5-9-18-14(12)15(17)20/h3-9H,2,10H2,1H3,(H2,17,20)(H,19,21). The summed E-state index contributed by atoms with van der Waals surface area (Å²) in [6, 6.07) is 10.1. The van der Waals surface area contributed by atoms with Gasteiger partial charge in [0, 0.05) is 6.20 Å². The van der Waals surface area contributed by atoms with Crippen LogP contribution >= 0.6 is 0 Å². The normalized spacial score (nSPS) is 10.0. The molecule has 0 saturated carbocycles. The smallest absolute Gasteiger partial charge is 0.269 e. The van der Waals surface area contributed by atoms with Gasteiger partial charge >= 0.3 is 0 Å². The van der Waals surface area contributed by atoms with Gasteiger partial charge in [0.1, 0.15) is 5.75 Å². The van der Waals surface area contributed by atoms with Crippen LogP contribution < -0.4 is 15.8 Å². The average molecular weight is 299 g/mol. The molecule has 1 heterocycles. The van der Waals surface area contributed by atoms with Crippen LogP contribution in [0.25, 0.3) is 0 Å². The van der Waals surface area contributed by atoms with Crippen molar-refractivity contribution in [1.82, 2.24) is 4.98 Å². The van der Waals surface area contributed by atoms with Gasteiger partial charge in [-0.1, -0.05) is 19.1 Å². The van der Waals surface area contributed by atoms with Crippen LogP contribution in [0.5, 0.6) is 5.75 Å². The number of carbonyl (C=O) groups excluding carboxylic acids is 2. The lowest BCUT2D eigenvalue weighted by Crippen LogP contribution is -2.20. The van der Waals surface area contributed by atoms with E-state index in [1.54, 1.807) is 36.4 Å².